The molecule has 0 spiro atoms. The van der Waals surface area contributed by atoms with Crippen molar-refractivity contribution in [3.63, 3.8) is 0 Å². The van der Waals surface area contributed by atoms with E-state index in [0.717, 1.165) is 16.1 Å². The second-order valence-electron chi connectivity index (χ2n) is 8.14. The summed E-state index contributed by atoms with van der Waals surface area (Å²) in [7, 11) is -3.28. The number of hydrogen-bond acceptors (Lipinski definition) is 6. The number of halogens is 2. The number of hydrogen-bond donors (Lipinski definition) is 1. The van der Waals surface area contributed by atoms with Crippen molar-refractivity contribution in [2.45, 2.75) is 37.6 Å². The molecular weight excluding hydrogens is 529 g/mol. The van der Waals surface area contributed by atoms with Gasteiger partial charge >= 0.3 is 0 Å². The molecule has 7 nitrogen and oxygen atoms in total. The zero-order valence-corrected chi connectivity index (χ0v) is 22.0. The van der Waals surface area contributed by atoms with Crippen molar-refractivity contribution in [2.24, 2.45) is 0 Å². The number of thiazole rings is 1. The first kappa shape index (κ1) is 25.6. The first-order chi connectivity index (χ1) is 16.6. The number of nitrogens with one attached hydrogen (secondary N) is 1. The van der Waals surface area contributed by atoms with Gasteiger partial charge in [0, 0.05) is 27.9 Å². The Bertz CT molecular complexity index is 1370. The van der Waals surface area contributed by atoms with Gasteiger partial charge in [-0.2, -0.15) is 0 Å². The number of nitrogens with zero attached hydrogens (tertiary/aromatic N) is 2. The molecule has 0 bridgehead atoms. The lowest BCUT2D eigenvalue weighted by Gasteiger charge is -2.26. The number of rotatable bonds is 7. The molecule has 2 heterocycles. The Morgan fingerprint density at radius 2 is 1.86 bits per heavy atom. The Morgan fingerprint density at radius 3 is 2.54 bits per heavy atom. The Labute approximate surface area is 218 Å². The van der Waals surface area contributed by atoms with Crippen LogP contribution in [-0.2, 0) is 45.2 Å². The van der Waals surface area contributed by atoms with Gasteiger partial charge in [-0.25, -0.2) is 13.4 Å². The largest absolute Gasteiger partial charge is 0.337 e. The van der Waals surface area contributed by atoms with Crippen LogP contribution in [0.2, 0.25) is 10.0 Å². The molecule has 0 saturated heterocycles. The van der Waals surface area contributed by atoms with E-state index in [9.17, 15) is 18.0 Å². The molecule has 0 saturated carbocycles. The fraction of sp³-hybridized carbons (Fsp3) is 0.292. The maximum absolute atomic E-state index is 12.8. The van der Waals surface area contributed by atoms with Crippen LogP contribution < -0.4 is 5.32 Å². The normalized spacial score (nSPS) is 13.4. The van der Waals surface area contributed by atoms with Gasteiger partial charge in [0.1, 0.15) is 0 Å². The number of anilines is 1. The SMILES string of the molecule is CCS(=O)(=O)c1ccc(CC(=O)Nc2nc3c(s2)CN(C(=O)Cc2ccc(Cl)cc2Cl)CC3)cc1. The lowest BCUT2D eigenvalue weighted by molar-refractivity contribution is -0.131. The molecule has 35 heavy (non-hydrogen) atoms. The highest BCUT2D eigenvalue weighted by atomic mass is 35.5. The minimum atomic E-state index is -3.28. The Morgan fingerprint density at radius 1 is 1.11 bits per heavy atom. The Kier molecular flexibility index (Phi) is 7.80. The number of amides is 2. The Balaban J connectivity index is 1.35. The molecule has 4 rings (SSSR count). The van der Waals surface area contributed by atoms with E-state index in [1.807, 2.05) is 0 Å². The molecule has 3 aromatic rings. The molecular formula is C24H23Cl2N3O4S2. The summed E-state index contributed by atoms with van der Waals surface area (Å²) in [4.78, 5) is 32.8. The zero-order chi connectivity index (χ0) is 25.2. The lowest BCUT2D eigenvalue weighted by atomic mass is 10.1. The highest BCUT2D eigenvalue weighted by molar-refractivity contribution is 7.91. The molecule has 2 aromatic carbocycles. The first-order valence-electron chi connectivity index (χ1n) is 11.0. The van der Waals surface area contributed by atoms with Crippen LogP contribution in [0.4, 0.5) is 5.13 Å². The van der Waals surface area contributed by atoms with Crippen molar-refractivity contribution in [2.75, 3.05) is 17.6 Å². The monoisotopic (exact) mass is 551 g/mol. The third-order valence-corrected chi connectivity index (χ3v) is 9.05. The summed E-state index contributed by atoms with van der Waals surface area (Å²) in [6.07, 6.45) is 0.893. The number of sulfone groups is 1. The van der Waals surface area contributed by atoms with E-state index >= 15 is 0 Å². The quantitative estimate of drug-likeness (QED) is 0.464. The molecule has 1 N–H and O–H groups in total. The van der Waals surface area contributed by atoms with Crippen LogP contribution in [0.1, 0.15) is 28.6 Å². The van der Waals surface area contributed by atoms with Gasteiger partial charge in [0.05, 0.1) is 35.7 Å². The van der Waals surface area contributed by atoms with E-state index in [1.165, 1.54) is 23.5 Å². The van der Waals surface area contributed by atoms with E-state index in [2.05, 4.69) is 10.3 Å². The van der Waals surface area contributed by atoms with Crippen molar-refractivity contribution in [3.8, 4) is 0 Å². The van der Waals surface area contributed by atoms with Crippen LogP contribution in [0.25, 0.3) is 0 Å². The standard InChI is InChI=1S/C24H23Cl2N3O4S2/c1-2-35(32,33)18-7-3-15(4-8-18)11-22(30)28-24-27-20-9-10-29(14-21(20)34-24)23(31)12-16-5-6-17(25)13-19(16)26/h3-8,13H,2,9-12,14H2,1H3,(H,27,28,30). The van der Waals surface area contributed by atoms with Gasteiger partial charge in [0.2, 0.25) is 11.8 Å². The number of fused-ring (bicyclic) bond motifs is 1. The summed E-state index contributed by atoms with van der Waals surface area (Å²) < 4.78 is 23.9. The van der Waals surface area contributed by atoms with Crippen LogP contribution in [0.5, 0.6) is 0 Å². The van der Waals surface area contributed by atoms with E-state index in [1.54, 1.807) is 42.2 Å². The van der Waals surface area contributed by atoms with Crippen LogP contribution in [-0.4, -0.2) is 42.4 Å². The summed E-state index contributed by atoms with van der Waals surface area (Å²) in [6, 6.07) is 11.4. The predicted octanol–water partition coefficient (Wildman–Crippen LogP) is 4.55. The van der Waals surface area contributed by atoms with Crippen molar-refractivity contribution in [3.05, 3.63) is 74.2 Å². The van der Waals surface area contributed by atoms with Gasteiger partial charge in [-0.15, -0.1) is 0 Å². The van der Waals surface area contributed by atoms with Gasteiger partial charge in [-0.05, 0) is 35.4 Å². The van der Waals surface area contributed by atoms with Crippen LogP contribution in [0.15, 0.2) is 47.4 Å². The van der Waals surface area contributed by atoms with Gasteiger partial charge in [-0.1, -0.05) is 59.7 Å². The maximum atomic E-state index is 12.8. The summed E-state index contributed by atoms with van der Waals surface area (Å²) in [5, 5.41) is 4.29. The molecule has 1 aromatic heterocycles. The van der Waals surface area contributed by atoms with Crippen LogP contribution >= 0.6 is 34.5 Å². The van der Waals surface area contributed by atoms with Gasteiger partial charge in [-0.3, -0.25) is 9.59 Å². The smallest absolute Gasteiger partial charge is 0.230 e. The second-order valence-corrected chi connectivity index (χ2v) is 12.3. The molecule has 11 heteroatoms. The predicted molar refractivity (Wildman–Crippen MR) is 138 cm³/mol. The van der Waals surface area contributed by atoms with Crippen molar-refractivity contribution < 1.29 is 18.0 Å². The number of carbonyl (C=O) groups is 2. The average Bonchev–Trinajstić information content (AvgIpc) is 3.22. The molecule has 0 radical (unpaired) electrons. The van der Waals surface area contributed by atoms with E-state index in [0.29, 0.717) is 40.3 Å². The van der Waals surface area contributed by atoms with E-state index in [4.69, 9.17) is 23.2 Å². The highest BCUT2D eigenvalue weighted by Crippen LogP contribution is 2.29. The fourth-order valence-electron chi connectivity index (χ4n) is 3.73. The molecule has 0 atom stereocenters. The topological polar surface area (TPSA) is 96.4 Å². The third-order valence-electron chi connectivity index (χ3n) is 5.71. The van der Waals surface area contributed by atoms with Crippen LogP contribution in [0.3, 0.4) is 0 Å². The minimum absolute atomic E-state index is 0.0272. The first-order valence-corrected chi connectivity index (χ1v) is 14.2. The highest BCUT2D eigenvalue weighted by Gasteiger charge is 2.25. The Hall–Kier alpha value is -2.46. The van der Waals surface area contributed by atoms with Crippen molar-refractivity contribution in [1.82, 2.24) is 9.88 Å². The van der Waals surface area contributed by atoms with Crippen LogP contribution in [0, 0.1) is 0 Å². The molecule has 2 amide bonds. The van der Waals surface area contributed by atoms with Gasteiger partial charge in [0.25, 0.3) is 0 Å². The molecule has 0 aliphatic carbocycles. The number of aromatic nitrogens is 1. The van der Waals surface area contributed by atoms with Gasteiger partial charge < -0.3 is 10.2 Å². The van der Waals surface area contributed by atoms with Gasteiger partial charge in [0.15, 0.2) is 15.0 Å². The zero-order valence-electron chi connectivity index (χ0n) is 18.9. The molecule has 0 unspecified atom stereocenters. The summed E-state index contributed by atoms with van der Waals surface area (Å²) >= 11 is 13.5. The summed E-state index contributed by atoms with van der Waals surface area (Å²) in [6.45, 7) is 2.57. The van der Waals surface area contributed by atoms with E-state index in [-0.39, 0.29) is 35.3 Å². The molecule has 1 aliphatic heterocycles. The van der Waals surface area contributed by atoms with Crippen molar-refractivity contribution in [1.29, 1.82) is 0 Å². The molecule has 1 aliphatic rings. The lowest BCUT2D eigenvalue weighted by Crippen LogP contribution is -2.36. The van der Waals surface area contributed by atoms with E-state index < -0.39 is 9.84 Å². The molecule has 0 fully saturated rings. The van der Waals surface area contributed by atoms with Crippen molar-refractivity contribution >= 4 is 61.3 Å². The summed E-state index contributed by atoms with van der Waals surface area (Å²) in [5.41, 5.74) is 2.31. The average molecular weight is 553 g/mol. The number of benzene rings is 2. The fourth-order valence-corrected chi connectivity index (χ4v) is 6.13. The minimum Gasteiger partial charge on any atom is -0.337 e. The molecule has 184 valence electrons. The third kappa shape index (κ3) is 6.22. The summed E-state index contributed by atoms with van der Waals surface area (Å²) in [5.74, 6) is -0.251. The number of carbonyl (C=O) groups excluding carboxylic acids is 2. The maximum Gasteiger partial charge on any atom is 0.230 e. The second kappa shape index (κ2) is 10.7.